The third kappa shape index (κ3) is 4.69. The van der Waals surface area contributed by atoms with Crippen LogP contribution in [0.2, 0.25) is 0 Å². The lowest BCUT2D eigenvalue weighted by Crippen LogP contribution is -2.33. The fourth-order valence-electron chi connectivity index (χ4n) is 3.41. The van der Waals surface area contributed by atoms with Crippen LogP contribution in [0.1, 0.15) is 18.4 Å². The van der Waals surface area contributed by atoms with Crippen molar-refractivity contribution < 1.29 is 35.1 Å². The highest BCUT2D eigenvalue weighted by Gasteiger charge is 2.62. The van der Waals surface area contributed by atoms with Crippen LogP contribution in [0.3, 0.4) is 0 Å². The molecule has 1 aromatic heterocycles. The standard InChI is InChI=1S/C22H13F8N3O/c23-13-8-12(4-5-20(6-7-20)22(28,29)30)9-14(10-13)33(11-21(25,26)27)18-17-15(24)2-1-3-16(17)31-19(34)32-18/h1-3,8-10H,6-7,11H2,(H,31,32,34). The molecule has 34 heavy (non-hydrogen) atoms. The number of halogens is 8. The Morgan fingerprint density at radius 1 is 1.06 bits per heavy atom. The molecule has 0 saturated heterocycles. The molecule has 0 bridgehead atoms. The zero-order chi connectivity index (χ0) is 24.9. The van der Waals surface area contributed by atoms with Crippen molar-refractivity contribution in [3.05, 3.63) is 64.1 Å². The van der Waals surface area contributed by atoms with E-state index in [1.807, 2.05) is 5.92 Å². The highest BCUT2D eigenvalue weighted by molar-refractivity contribution is 5.92. The van der Waals surface area contributed by atoms with E-state index in [9.17, 15) is 39.9 Å². The van der Waals surface area contributed by atoms with Crippen LogP contribution in [-0.4, -0.2) is 28.9 Å². The topological polar surface area (TPSA) is 49.0 Å². The summed E-state index contributed by atoms with van der Waals surface area (Å²) >= 11 is 0. The lowest BCUT2D eigenvalue weighted by Gasteiger charge is -2.26. The Morgan fingerprint density at radius 3 is 2.38 bits per heavy atom. The summed E-state index contributed by atoms with van der Waals surface area (Å²) in [7, 11) is 0. The first-order chi connectivity index (χ1) is 15.8. The highest BCUT2D eigenvalue weighted by atomic mass is 19.4. The third-order valence-electron chi connectivity index (χ3n) is 5.21. The largest absolute Gasteiger partial charge is 0.406 e. The number of alkyl halides is 6. The quantitative estimate of drug-likeness (QED) is 0.387. The molecule has 4 rings (SSSR count). The second-order valence-corrected chi connectivity index (χ2v) is 7.76. The molecule has 12 heteroatoms. The molecule has 0 spiro atoms. The normalized spacial score (nSPS) is 15.1. The van der Waals surface area contributed by atoms with E-state index < -0.39 is 58.5 Å². The Kier molecular flexibility index (Phi) is 5.54. The van der Waals surface area contributed by atoms with Crippen molar-refractivity contribution in [1.82, 2.24) is 9.97 Å². The minimum atomic E-state index is -4.91. The van der Waals surface area contributed by atoms with Crippen molar-refractivity contribution in [1.29, 1.82) is 0 Å². The Bertz CT molecular complexity index is 1380. The lowest BCUT2D eigenvalue weighted by molar-refractivity contribution is -0.168. The number of hydrogen-bond donors (Lipinski definition) is 1. The fraction of sp³-hybridized carbons (Fsp3) is 0.273. The van der Waals surface area contributed by atoms with E-state index in [4.69, 9.17) is 0 Å². The number of H-pyrrole nitrogens is 1. The summed E-state index contributed by atoms with van der Waals surface area (Å²) in [5.41, 5.74) is -4.33. The summed E-state index contributed by atoms with van der Waals surface area (Å²) in [6.45, 7) is -1.80. The van der Waals surface area contributed by atoms with Gasteiger partial charge in [-0.2, -0.15) is 31.3 Å². The molecule has 1 N–H and O–H groups in total. The Balaban J connectivity index is 1.88. The van der Waals surface area contributed by atoms with Crippen LogP contribution >= 0.6 is 0 Å². The molecule has 0 aliphatic heterocycles. The van der Waals surface area contributed by atoms with Crippen molar-refractivity contribution in [2.75, 3.05) is 11.4 Å². The van der Waals surface area contributed by atoms with Crippen LogP contribution in [0.4, 0.5) is 46.6 Å². The van der Waals surface area contributed by atoms with Gasteiger partial charge in [0.15, 0.2) is 5.82 Å². The maximum absolute atomic E-state index is 14.5. The molecule has 2 aromatic carbocycles. The second-order valence-electron chi connectivity index (χ2n) is 7.76. The number of fused-ring (bicyclic) bond motifs is 1. The van der Waals surface area contributed by atoms with Gasteiger partial charge in [0.1, 0.15) is 23.6 Å². The molecule has 0 radical (unpaired) electrons. The van der Waals surface area contributed by atoms with E-state index in [-0.39, 0.29) is 23.9 Å². The molecule has 3 aromatic rings. The zero-order valence-corrected chi connectivity index (χ0v) is 16.9. The average Bonchev–Trinajstić information content (AvgIpc) is 3.50. The molecule has 4 nitrogen and oxygen atoms in total. The van der Waals surface area contributed by atoms with Gasteiger partial charge in [0, 0.05) is 11.3 Å². The maximum atomic E-state index is 14.5. The number of aromatic nitrogens is 2. The van der Waals surface area contributed by atoms with E-state index in [1.54, 1.807) is 0 Å². The fourth-order valence-corrected chi connectivity index (χ4v) is 3.41. The van der Waals surface area contributed by atoms with Gasteiger partial charge < -0.3 is 9.88 Å². The van der Waals surface area contributed by atoms with E-state index >= 15 is 0 Å². The molecule has 1 heterocycles. The van der Waals surface area contributed by atoms with Gasteiger partial charge in [0.25, 0.3) is 0 Å². The van der Waals surface area contributed by atoms with E-state index in [1.165, 1.54) is 12.1 Å². The molecule has 1 saturated carbocycles. The van der Waals surface area contributed by atoms with Crippen LogP contribution in [0.25, 0.3) is 10.9 Å². The SMILES string of the molecule is O=c1nc(N(CC(F)(F)F)c2cc(F)cc(C#CC3(C(F)(F)F)CC3)c2)c2c(F)cccc2[nH]1. The van der Waals surface area contributed by atoms with Crippen LogP contribution in [0.15, 0.2) is 41.2 Å². The van der Waals surface area contributed by atoms with Gasteiger partial charge in [-0.05, 0) is 43.2 Å². The van der Waals surface area contributed by atoms with Crippen molar-refractivity contribution in [2.24, 2.45) is 5.41 Å². The van der Waals surface area contributed by atoms with Crippen LogP contribution in [0, 0.1) is 28.9 Å². The number of benzene rings is 2. The van der Waals surface area contributed by atoms with Crippen molar-refractivity contribution in [3.8, 4) is 11.8 Å². The van der Waals surface area contributed by atoms with Crippen LogP contribution < -0.4 is 10.6 Å². The molecule has 1 aliphatic rings. The minimum Gasteiger partial charge on any atom is -0.316 e. The lowest BCUT2D eigenvalue weighted by atomic mass is 10.1. The Morgan fingerprint density at radius 2 is 1.76 bits per heavy atom. The first kappa shape index (κ1) is 23.5. The van der Waals surface area contributed by atoms with Crippen LogP contribution in [0.5, 0.6) is 0 Å². The van der Waals surface area contributed by atoms with E-state index in [2.05, 4.69) is 15.9 Å². The molecule has 0 amide bonds. The van der Waals surface area contributed by atoms with Gasteiger partial charge in [-0.3, -0.25) is 0 Å². The number of anilines is 2. The highest BCUT2D eigenvalue weighted by Crippen LogP contribution is 2.57. The first-order valence-corrected chi connectivity index (χ1v) is 9.71. The first-order valence-electron chi connectivity index (χ1n) is 9.71. The summed E-state index contributed by atoms with van der Waals surface area (Å²) in [6.07, 6.45) is -10.0. The molecular formula is C22H13F8N3O. The van der Waals surface area contributed by atoms with Crippen molar-refractivity contribution >= 4 is 22.4 Å². The molecule has 1 fully saturated rings. The Labute approximate surface area is 186 Å². The minimum absolute atomic E-state index is 0.153. The molecule has 1 aliphatic carbocycles. The van der Waals surface area contributed by atoms with Gasteiger partial charge in [0.05, 0.1) is 10.9 Å². The number of hydrogen-bond acceptors (Lipinski definition) is 3. The van der Waals surface area contributed by atoms with Crippen molar-refractivity contribution in [3.63, 3.8) is 0 Å². The summed E-state index contributed by atoms with van der Waals surface area (Å²) in [6, 6.07) is 5.74. The van der Waals surface area contributed by atoms with Gasteiger partial charge in [-0.15, -0.1) is 0 Å². The number of nitrogens with one attached hydrogen (secondary N) is 1. The second kappa shape index (κ2) is 8.00. The monoisotopic (exact) mass is 487 g/mol. The van der Waals surface area contributed by atoms with Gasteiger partial charge in [-0.25, -0.2) is 13.6 Å². The van der Waals surface area contributed by atoms with Gasteiger partial charge >= 0.3 is 18.0 Å². The van der Waals surface area contributed by atoms with Crippen LogP contribution in [-0.2, 0) is 0 Å². The smallest absolute Gasteiger partial charge is 0.316 e. The van der Waals surface area contributed by atoms with E-state index in [0.29, 0.717) is 11.0 Å². The predicted molar refractivity (Wildman–Crippen MR) is 106 cm³/mol. The summed E-state index contributed by atoms with van der Waals surface area (Å²) in [4.78, 5) is 18.0. The summed E-state index contributed by atoms with van der Waals surface area (Å²) < 4.78 is 109. The molecular weight excluding hydrogens is 474 g/mol. The average molecular weight is 487 g/mol. The van der Waals surface area contributed by atoms with Gasteiger partial charge in [0.2, 0.25) is 0 Å². The molecule has 0 unspecified atom stereocenters. The predicted octanol–water partition coefficient (Wildman–Crippen LogP) is 5.60. The zero-order valence-electron chi connectivity index (χ0n) is 16.9. The maximum Gasteiger partial charge on any atom is 0.406 e. The molecule has 0 atom stereocenters. The van der Waals surface area contributed by atoms with Gasteiger partial charge in [-0.1, -0.05) is 17.9 Å². The van der Waals surface area contributed by atoms with E-state index in [0.717, 1.165) is 18.2 Å². The third-order valence-corrected chi connectivity index (χ3v) is 5.21. The summed E-state index contributed by atoms with van der Waals surface area (Å²) in [5.74, 6) is 1.39. The number of rotatable bonds is 3. The van der Waals surface area contributed by atoms with Crippen molar-refractivity contribution in [2.45, 2.75) is 25.2 Å². The summed E-state index contributed by atoms with van der Waals surface area (Å²) in [5, 5.41) is -0.461. The number of aromatic amines is 1. The Hall–Kier alpha value is -3.62. The molecule has 178 valence electrons. The number of nitrogens with zero attached hydrogens (tertiary/aromatic N) is 2.